The third-order valence-corrected chi connectivity index (χ3v) is 7.60. The van der Waals surface area contributed by atoms with Crippen LogP contribution < -0.4 is 0 Å². The van der Waals surface area contributed by atoms with Crippen LogP contribution in [0.4, 0.5) is 0 Å². The highest BCUT2D eigenvalue weighted by Crippen LogP contribution is 2.40. The van der Waals surface area contributed by atoms with Crippen molar-refractivity contribution in [3.8, 4) is 0 Å². The highest BCUT2D eigenvalue weighted by atomic mass is 16.5. The van der Waals surface area contributed by atoms with Crippen molar-refractivity contribution in [2.24, 2.45) is 5.92 Å². The molecule has 2 aromatic rings. The summed E-state index contributed by atoms with van der Waals surface area (Å²) in [5.74, 6) is 0.922. The van der Waals surface area contributed by atoms with Gasteiger partial charge in [0.2, 0.25) is 0 Å². The molecule has 3 nitrogen and oxygen atoms in total. The van der Waals surface area contributed by atoms with Crippen LogP contribution in [0.25, 0.3) is 0 Å². The third kappa shape index (κ3) is 8.65. The number of aliphatic hydroxyl groups is 1. The molecule has 1 aliphatic carbocycles. The SMILES string of the molecule is C=C(C)C(=O)OCC(CO)CCc1ccc(C2CCC(c3ccc(CCCCC)cc3)CC2)cc1. The Morgan fingerprint density at radius 3 is 1.89 bits per heavy atom. The van der Waals surface area contributed by atoms with Crippen molar-refractivity contribution in [1.29, 1.82) is 0 Å². The summed E-state index contributed by atoms with van der Waals surface area (Å²) in [5, 5.41) is 9.62. The van der Waals surface area contributed by atoms with Gasteiger partial charge in [-0.15, -0.1) is 0 Å². The standard InChI is InChI=1S/C32H44O3/c1-4-5-6-7-25-10-14-28(15-11-25)30-18-20-31(21-19-30)29-16-12-26(13-17-29)8-9-27(22-33)23-35-32(34)24(2)3/h10-17,27,30-31,33H,2,4-9,18-23H2,1,3H3. The number of esters is 1. The first-order chi connectivity index (χ1) is 17.0. The predicted octanol–water partition coefficient (Wildman–Crippen LogP) is 7.52. The maximum absolute atomic E-state index is 11.6. The Balaban J connectivity index is 1.43. The molecular weight excluding hydrogens is 432 g/mol. The van der Waals surface area contributed by atoms with Gasteiger partial charge in [0, 0.05) is 18.1 Å². The lowest BCUT2D eigenvalue weighted by Gasteiger charge is -2.29. The number of carbonyl (C=O) groups is 1. The number of carbonyl (C=O) groups excluding carboxylic acids is 1. The lowest BCUT2D eigenvalue weighted by atomic mass is 9.76. The van der Waals surface area contributed by atoms with Crippen molar-refractivity contribution in [1.82, 2.24) is 0 Å². The average molecular weight is 477 g/mol. The first-order valence-electron chi connectivity index (χ1n) is 13.6. The number of unbranched alkanes of at least 4 members (excludes halogenated alkanes) is 2. The molecule has 1 saturated carbocycles. The normalized spacial score (nSPS) is 18.7. The second kappa shape index (κ2) is 14.2. The molecule has 0 heterocycles. The van der Waals surface area contributed by atoms with Crippen molar-refractivity contribution >= 4 is 5.97 Å². The van der Waals surface area contributed by atoms with E-state index < -0.39 is 0 Å². The number of ether oxygens (including phenoxy) is 1. The molecule has 190 valence electrons. The molecule has 3 heteroatoms. The number of hydrogen-bond donors (Lipinski definition) is 1. The summed E-state index contributed by atoms with van der Waals surface area (Å²) in [5.41, 5.74) is 6.11. The summed E-state index contributed by atoms with van der Waals surface area (Å²) in [6, 6.07) is 18.5. The van der Waals surface area contributed by atoms with Crippen LogP contribution >= 0.6 is 0 Å². The van der Waals surface area contributed by atoms with E-state index in [9.17, 15) is 9.90 Å². The van der Waals surface area contributed by atoms with E-state index in [-0.39, 0.29) is 25.1 Å². The van der Waals surface area contributed by atoms with E-state index in [0.717, 1.165) is 12.8 Å². The molecule has 0 bridgehead atoms. The van der Waals surface area contributed by atoms with Gasteiger partial charge in [0.1, 0.15) is 0 Å². The summed E-state index contributed by atoms with van der Waals surface area (Å²) >= 11 is 0. The topological polar surface area (TPSA) is 46.5 Å². The Morgan fingerprint density at radius 2 is 1.43 bits per heavy atom. The lowest BCUT2D eigenvalue weighted by molar-refractivity contribution is -0.140. The molecule has 1 fully saturated rings. The van der Waals surface area contributed by atoms with Crippen LogP contribution in [0.1, 0.15) is 99.3 Å². The zero-order chi connectivity index (χ0) is 25.0. The van der Waals surface area contributed by atoms with Gasteiger partial charge in [-0.05, 0) is 92.4 Å². The van der Waals surface area contributed by atoms with Crippen LogP contribution in [-0.2, 0) is 22.4 Å². The van der Waals surface area contributed by atoms with Gasteiger partial charge >= 0.3 is 5.97 Å². The molecule has 1 aliphatic rings. The number of aryl methyl sites for hydroxylation is 2. The van der Waals surface area contributed by atoms with Crippen molar-refractivity contribution < 1.29 is 14.6 Å². The third-order valence-electron chi connectivity index (χ3n) is 7.60. The molecule has 35 heavy (non-hydrogen) atoms. The Morgan fingerprint density at radius 1 is 0.914 bits per heavy atom. The largest absolute Gasteiger partial charge is 0.462 e. The van der Waals surface area contributed by atoms with Crippen LogP contribution in [0.2, 0.25) is 0 Å². The minimum atomic E-state index is -0.387. The van der Waals surface area contributed by atoms with E-state index in [2.05, 4.69) is 62.0 Å². The van der Waals surface area contributed by atoms with Crippen LogP contribution in [-0.4, -0.2) is 24.3 Å². The van der Waals surface area contributed by atoms with Gasteiger partial charge in [0.15, 0.2) is 0 Å². The van der Waals surface area contributed by atoms with Crippen molar-refractivity contribution in [2.45, 2.75) is 89.9 Å². The Labute approximate surface area is 212 Å². The second-order valence-electron chi connectivity index (χ2n) is 10.5. The summed E-state index contributed by atoms with van der Waals surface area (Å²) in [7, 11) is 0. The zero-order valence-electron chi connectivity index (χ0n) is 21.8. The van der Waals surface area contributed by atoms with Gasteiger partial charge in [0.25, 0.3) is 0 Å². The van der Waals surface area contributed by atoms with Gasteiger partial charge in [-0.1, -0.05) is 74.9 Å². The fourth-order valence-electron chi connectivity index (χ4n) is 5.17. The lowest BCUT2D eigenvalue weighted by Crippen LogP contribution is -2.18. The van der Waals surface area contributed by atoms with Crippen molar-refractivity contribution in [2.75, 3.05) is 13.2 Å². The van der Waals surface area contributed by atoms with Gasteiger partial charge < -0.3 is 9.84 Å². The summed E-state index contributed by atoms with van der Waals surface area (Å²) in [4.78, 5) is 11.6. The molecule has 1 N–H and O–H groups in total. The summed E-state index contributed by atoms with van der Waals surface area (Å²) in [6.07, 6.45) is 11.8. The van der Waals surface area contributed by atoms with Gasteiger partial charge in [-0.25, -0.2) is 4.79 Å². The molecular formula is C32H44O3. The summed E-state index contributed by atoms with van der Waals surface area (Å²) in [6.45, 7) is 7.75. The fourth-order valence-corrected chi connectivity index (χ4v) is 5.17. The Bertz CT molecular complexity index is 905. The van der Waals surface area contributed by atoms with Gasteiger partial charge in [0.05, 0.1) is 6.61 Å². The average Bonchev–Trinajstić information content (AvgIpc) is 2.89. The maximum atomic E-state index is 11.6. The molecule has 0 saturated heterocycles. The van der Waals surface area contributed by atoms with Crippen LogP contribution in [0, 0.1) is 5.92 Å². The Hall–Kier alpha value is -2.39. The van der Waals surface area contributed by atoms with E-state index in [1.165, 1.54) is 73.6 Å². The Kier molecular flexibility index (Phi) is 11.1. The molecule has 0 radical (unpaired) electrons. The smallest absolute Gasteiger partial charge is 0.333 e. The molecule has 0 aromatic heterocycles. The monoisotopic (exact) mass is 476 g/mol. The van der Waals surface area contributed by atoms with Crippen LogP contribution in [0.3, 0.4) is 0 Å². The second-order valence-corrected chi connectivity index (χ2v) is 10.5. The number of aliphatic hydroxyl groups excluding tert-OH is 1. The molecule has 0 aliphatic heterocycles. The molecule has 0 amide bonds. The maximum Gasteiger partial charge on any atom is 0.333 e. The zero-order valence-corrected chi connectivity index (χ0v) is 21.8. The van der Waals surface area contributed by atoms with E-state index >= 15 is 0 Å². The fraction of sp³-hybridized carbons (Fsp3) is 0.531. The summed E-state index contributed by atoms with van der Waals surface area (Å²) < 4.78 is 5.21. The van der Waals surface area contributed by atoms with E-state index in [1.54, 1.807) is 6.92 Å². The quantitative estimate of drug-likeness (QED) is 0.185. The first-order valence-corrected chi connectivity index (χ1v) is 13.6. The van der Waals surface area contributed by atoms with E-state index in [4.69, 9.17) is 4.74 Å². The minimum absolute atomic E-state index is 0.0202. The molecule has 2 aromatic carbocycles. The molecule has 0 spiro atoms. The molecule has 1 atom stereocenters. The first kappa shape index (κ1) is 27.2. The highest BCUT2D eigenvalue weighted by Gasteiger charge is 2.23. The van der Waals surface area contributed by atoms with Crippen molar-refractivity contribution in [3.05, 3.63) is 82.9 Å². The van der Waals surface area contributed by atoms with Crippen molar-refractivity contribution in [3.63, 3.8) is 0 Å². The predicted molar refractivity (Wildman–Crippen MR) is 145 cm³/mol. The highest BCUT2D eigenvalue weighted by molar-refractivity contribution is 5.86. The van der Waals surface area contributed by atoms with E-state index in [1.807, 2.05) is 0 Å². The van der Waals surface area contributed by atoms with Crippen LogP contribution in [0.15, 0.2) is 60.7 Å². The van der Waals surface area contributed by atoms with Gasteiger partial charge in [-0.2, -0.15) is 0 Å². The van der Waals surface area contributed by atoms with E-state index in [0.29, 0.717) is 17.4 Å². The molecule has 1 unspecified atom stereocenters. The number of benzene rings is 2. The minimum Gasteiger partial charge on any atom is -0.462 e. The van der Waals surface area contributed by atoms with Gasteiger partial charge in [-0.3, -0.25) is 0 Å². The number of hydrogen-bond acceptors (Lipinski definition) is 3. The molecule has 3 rings (SSSR count). The number of rotatable bonds is 13. The van der Waals surface area contributed by atoms with Crippen LogP contribution in [0.5, 0.6) is 0 Å².